The molecule has 0 bridgehead atoms. The molecule has 0 unspecified atom stereocenters. The summed E-state index contributed by atoms with van der Waals surface area (Å²) in [6.07, 6.45) is 3.87. The average Bonchev–Trinajstić information content (AvgIpc) is 2.88. The van der Waals surface area contributed by atoms with Crippen LogP contribution in [0.15, 0.2) is 0 Å². The molecule has 1 saturated carbocycles. The van der Waals surface area contributed by atoms with E-state index in [0.717, 1.165) is 24.5 Å². The second kappa shape index (κ2) is 3.55. The number of hydrogen-bond acceptors (Lipinski definition) is 4. The topological polar surface area (TPSA) is 75.7 Å². The first-order chi connectivity index (χ1) is 7.62. The van der Waals surface area contributed by atoms with Crippen LogP contribution in [0, 0.1) is 5.92 Å². The van der Waals surface area contributed by atoms with E-state index in [1.165, 1.54) is 12.8 Å². The smallest absolute Gasteiger partial charge is 0.153 e. The zero-order valence-corrected chi connectivity index (χ0v) is 9.83. The minimum Gasteiger partial charge on any atom is -0.263 e. The summed E-state index contributed by atoms with van der Waals surface area (Å²) in [6, 6.07) is 0. The Bertz CT molecular complexity index is 490. The summed E-state index contributed by atoms with van der Waals surface area (Å²) < 4.78 is 22.6. The van der Waals surface area contributed by atoms with Crippen LogP contribution in [0.25, 0.3) is 0 Å². The molecule has 88 valence electrons. The summed E-state index contributed by atoms with van der Waals surface area (Å²) in [6.45, 7) is 0. The maximum Gasteiger partial charge on any atom is 0.153 e. The Morgan fingerprint density at radius 2 is 2.12 bits per heavy atom. The third-order valence-corrected chi connectivity index (χ3v) is 5.14. The molecule has 0 aromatic carbocycles. The fourth-order valence-corrected chi connectivity index (χ4v) is 4.09. The molecule has 3 rings (SSSR count). The maximum atomic E-state index is 11.3. The Hall–Kier alpha value is -0.910. The highest BCUT2D eigenvalue weighted by Gasteiger charge is 2.30. The van der Waals surface area contributed by atoms with E-state index in [4.69, 9.17) is 0 Å². The molecule has 5 nitrogen and oxygen atoms in total. The molecule has 1 aliphatic heterocycles. The largest absolute Gasteiger partial charge is 0.263 e. The Morgan fingerprint density at radius 1 is 1.31 bits per heavy atom. The first-order valence-corrected chi connectivity index (χ1v) is 7.56. The first-order valence-electron chi connectivity index (χ1n) is 5.74. The van der Waals surface area contributed by atoms with E-state index in [2.05, 4.69) is 15.2 Å². The monoisotopic (exact) mass is 241 g/mol. The zero-order valence-electron chi connectivity index (χ0n) is 9.02. The van der Waals surface area contributed by atoms with E-state index in [-0.39, 0.29) is 5.92 Å². The van der Waals surface area contributed by atoms with Crippen molar-refractivity contribution in [2.45, 2.75) is 31.6 Å². The van der Waals surface area contributed by atoms with Crippen molar-refractivity contribution in [1.29, 1.82) is 0 Å². The average molecular weight is 241 g/mol. The number of nitrogens with one attached hydrogen (secondary N) is 1. The van der Waals surface area contributed by atoms with Crippen molar-refractivity contribution < 1.29 is 8.42 Å². The molecule has 1 atom stereocenters. The molecule has 0 radical (unpaired) electrons. The molecule has 0 amide bonds. The summed E-state index contributed by atoms with van der Waals surface area (Å²) in [7, 11) is -2.77. The number of nitrogens with zero attached hydrogens (tertiary/aromatic N) is 2. The van der Waals surface area contributed by atoms with Gasteiger partial charge in [-0.05, 0) is 25.2 Å². The summed E-state index contributed by atoms with van der Waals surface area (Å²) in [5, 5.41) is 7.10. The molecule has 2 fully saturated rings. The lowest BCUT2D eigenvalue weighted by Crippen LogP contribution is -2.08. The SMILES string of the molecule is O=S1(=O)CC[C@H](Cc2nc(C3CC3)n[nH]2)C1. The second-order valence-corrected chi connectivity index (χ2v) is 7.12. The van der Waals surface area contributed by atoms with Gasteiger partial charge in [-0.1, -0.05) is 0 Å². The van der Waals surface area contributed by atoms with Crippen molar-refractivity contribution >= 4 is 9.84 Å². The van der Waals surface area contributed by atoms with Gasteiger partial charge in [-0.25, -0.2) is 13.4 Å². The molecule has 1 aromatic heterocycles. The molecule has 1 saturated heterocycles. The highest BCUT2D eigenvalue weighted by atomic mass is 32.2. The predicted molar refractivity (Wildman–Crippen MR) is 58.8 cm³/mol. The summed E-state index contributed by atoms with van der Waals surface area (Å²) in [5.41, 5.74) is 0. The van der Waals surface area contributed by atoms with E-state index in [1.807, 2.05) is 0 Å². The molecular weight excluding hydrogens is 226 g/mol. The normalized spacial score (nSPS) is 28.4. The van der Waals surface area contributed by atoms with Gasteiger partial charge in [0.1, 0.15) is 5.82 Å². The molecular formula is C10H15N3O2S. The van der Waals surface area contributed by atoms with Crippen molar-refractivity contribution in [3.63, 3.8) is 0 Å². The van der Waals surface area contributed by atoms with Crippen LogP contribution in [0.2, 0.25) is 0 Å². The Morgan fingerprint density at radius 3 is 2.75 bits per heavy atom. The number of hydrogen-bond donors (Lipinski definition) is 1. The lowest BCUT2D eigenvalue weighted by Gasteiger charge is -2.02. The molecule has 0 spiro atoms. The Labute approximate surface area is 94.6 Å². The lowest BCUT2D eigenvalue weighted by atomic mass is 10.1. The highest BCUT2D eigenvalue weighted by Crippen LogP contribution is 2.37. The molecule has 2 heterocycles. The molecule has 1 N–H and O–H groups in total. The van der Waals surface area contributed by atoms with E-state index in [0.29, 0.717) is 17.4 Å². The van der Waals surface area contributed by atoms with Gasteiger partial charge in [0.05, 0.1) is 11.5 Å². The van der Waals surface area contributed by atoms with Crippen molar-refractivity contribution in [1.82, 2.24) is 15.2 Å². The van der Waals surface area contributed by atoms with Crippen LogP contribution in [0.5, 0.6) is 0 Å². The minimum absolute atomic E-state index is 0.227. The molecule has 2 aliphatic rings. The van der Waals surface area contributed by atoms with Crippen molar-refractivity contribution in [3.8, 4) is 0 Å². The van der Waals surface area contributed by atoms with Gasteiger partial charge >= 0.3 is 0 Å². The van der Waals surface area contributed by atoms with Gasteiger partial charge in [0.15, 0.2) is 15.7 Å². The standard InChI is InChI=1S/C10H15N3O2S/c14-16(15)4-3-7(6-16)5-9-11-10(13-12-9)8-1-2-8/h7-8H,1-6H2,(H,11,12,13)/t7-/m1/s1. The molecule has 6 heteroatoms. The van der Waals surface area contributed by atoms with E-state index in [9.17, 15) is 8.42 Å². The fraction of sp³-hybridized carbons (Fsp3) is 0.800. The number of sulfone groups is 1. The van der Waals surface area contributed by atoms with Gasteiger partial charge in [-0.2, -0.15) is 5.10 Å². The lowest BCUT2D eigenvalue weighted by molar-refractivity contribution is 0.570. The number of H-pyrrole nitrogens is 1. The van der Waals surface area contributed by atoms with Gasteiger partial charge in [0, 0.05) is 12.3 Å². The van der Waals surface area contributed by atoms with Crippen molar-refractivity contribution in [2.75, 3.05) is 11.5 Å². The summed E-state index contributed by atoms with van der Waals surface area (Å²) in [4.78, 5) is 4.42. The van der Waals surface area contributed by atoms with E-state index in [1.54, 1.807) is 0 Å². The molecule has 1 aromatic rings. The van der Waals surface area contributed by atoms with Crippen LogP contribution in [0.3, 0.4) is 0 Å². The van der Waals surface area contributed by atoms with Gasteiger partial charge in [-0.15, -0.1) is 0 Å². The molecule has 16 heavy (non-hydrogen) atoms. The van der Waals surface area contributed by atoms with Gasteiger partial charge in [0.25, 0.3) is 0 Å². The van der Waals surface area contributed by atoms with Crippen LogP contribution in [-0.4, -0.2) is 35.1 Å². The number of aromatic nitrogens is 3. The summed E-state index contributed by atoms with van der Waals surface area (Å²) >= 11 is 0. The zero-order chi connectivity index (χ0) is 11.2. The van der Waals surface area contributed by atoms with Crippen LogP contribution in [0.4, 0.5) is 0 Å². The Balaban J connectivity index is 1.65. The van der Waals surface area contributed by atoms with E-state index < -0.39 is 9.84 Å². The Kier molecular flexibility index (Phi) is 2.27. The van der Waals surface area contributed by atoms with Gasteiger partial charge in [-0.3, -0.25) is 5.10 Å². The van der Waals surface area contributed by atoms with Crippen LogP contribution in [-0.2, 0) is 16.3 Å². The summed E-state index contributed by atoms with van der Waals surface area (Å²) in [5.74, 6) is 3.19. The van der Waals surface area contributed by atoms with E-state index >= 15 is 0 Å². The highest BCUT2D eigenvalue weighted by molar-refractivity contribution is 7.91. The third kappa shape index (κ3) is 2.11. The predicted octanol–water partition coefficient (Wildman–Crippen LogP) is 0.659. The quantitative estimate of drug-likeness (QED) is 0.843. The fourth-order valence-electron chi connectivity index (χ4n) is 2.23. The van der Waals surface area contributed by atoms with Gasteiger partial charge < -0.3 is 0 Å². The van der Waals surface area contributed by atoms with Crippen LogP contribution in [0.1, 0.15) is 36.8 Å². The number of rotatable bonds is 3. The maximum absolute atomic E-state index is 11.3. The molecule has 1 aliphatic carbocycles. The van der Waals surface area contributed by atoms with Crippen molar-refractivity contribution in [3.05, 3.63) is 11.6 Å². The second-order valence-electron chi connectivity index (χ2n) is 4.89. The van der Waals surface area contributed by atoms with Crippen LogP contribution >= 0.6 is 0 Å². The third-order valence-electron chi connectivity index (χ3n) is 3.30. The van der Waals surface area contributed by atoms with Crippen LogP contribution < -0.4 is 0 Å². The van der Waals surface area contributed by atoms with Crippen molar-refractivity contribution in [2.24, 2.45) is 5.92 Å². The minimum atomic E-state index is -2.77. The first kappa shape index (κ1) is 10.3. The number of aromatic amines is 1. The van der Waals surface area contributed by atoms with Gasteiger partial charge in [0.2, 0.25) is 0 Å².